The highest BCUT2D eigenvalue weighted by Gasteiger charge is 2.37. The maximum atomic E-state index is 14.3. The average Bonchev–Trinajstić information content (AvgIpc) is 3.02. The fraction of sp³-hybridized carbons (Fsp3) is 0.394. The van der Waals surface area contributed by atoms with Gasteiger partial charge in [0.2, 0.25) is 11.8 Å². The molecule has 7 nitrogen and oxygen atoms in total. The van der Waals surface area contributed by atoms with Crippen molar-refractivity contribution in [2.45, 2.75) is 82.1 Å². The van der Waals surface area contributed by atoms with Crippen LogP contribution < -0.4 is 9.62 Å². The molecule has 1 saturated carbocycles. The smallest absolute Gasteiger partial charge is 0.352 e. The summed E-state index contributed by atoms with van der Waals surface area (Å²) >= 11 is 18.2. The minimum absolute atomic E-state index is 0.0690. The molecule has 0 aromatic heterocycles. The lowest BCUT2D eigenvalue weighted by Gasteiger charge is -2.34. The molecule has 0 aliphatic heterocycles. The van der Waals surface area contributed by atoms with Gasteiger partial charge in [-0.25, -0.2) is 8.42 Å². The van der Waals surface area contributed by atoms with E-state index in [1.165, 1.54) is 41.3 Å². The van der Waals surface area contributed by atoms with Crippen LogP contribution in [0.1, 0.15) is 62.1 Å². The third-order valence-electron chi connectivity index (χ3n) is 8.11. The molecule has 14 heteroatoms. The molecule has 0 heterocycles. The Morgan fingerprint density at radius 2 is 1.55 bits per heavy atom. The molecule has 1 N–H and O–H groups in total. The minimum atomic E-state index is -4.90. The van der Waals surface area contributed by atoms with Crippen LogP contribution >= 0.6 is 34.8 Å². The van der Waals surface area contributed by atoms with Gasteiger partial charge in [-0.2, -0.15) is 13.2 Å². The van der Waals surface area contributed by atoms with Crippen molar-refractivity contribution >= 4 is 62.3 Å². The quantitative estimate of drug-likeness (QED) is 0.215. The predicted octanol–water partition coefficient (Wildman–Crippen LogP) is 8.43. The van der Waals surface area contributed by atoms with Crippen LogP contribution in [0.3, 0.4) is 0 Å². The van der Waals surface area contributed by atoms with E-state index >= 15 is 0 Å². The van der Waals surface area contributed by atoms with Crippen LogP contribution in [-0.2, 0) is 32.3 Å². The Bertz CT molecular complexity index is 1700. The minimum Gasteiger partial charge on any atom is -0.352 e. The van der Waals surface area contributed by atoms with E-state index in [1.807, 2.05) is 0 Å². The summed E-state index contributed by atoms with van der Waals surface area (Å²) in [5.41, 5.74) is -0.431. The van der Waals surface area contributed by atoms with E-state index < -0.39 is 56.9 Å². The number of anilines is 1. The molecule has 47 heavy (non-hydrogen) atoms. The summed E-state index contributed by atoms with van der Waals surface area (Å²) in [6.07, 6.45) is -0.151. The zero-order chi connectivity index (χ0) is 34.5. The molecule has 0 saturated heterocycles. The molecule has 2 amide bonds. The van der Waals surface area contributed by atoms with Gasteiger partial charge >= 0.3 is 6.18 Å². The molecule has 0 bridgehead atoms. The molecule has 0 radical (unpaired) electrons. The average molecular weight is 733 g/mol. The van der Waals surface area contributed by atoms with Gasteiger partial charge in [0.25, 0.3) is 10.0 Å². The second-order valence-corrected chi connectivity index (χ2v) is 14.6. The molecule has 3 aromatic rings. The van der Waals surface area contributed by atoms with Crippen molar-refractivity contribution in [3.63, 3.8) is 0 Å². The molecule has 1 atom stereocenters. The molecular weight excluding hydrogens is 698 g/mol. The summed E-state index contributed by atoms with van der Waals surface area (Å²) in [7, 11) is -4.60. The molecular formula is C33H35Cl3F3N3O4S. The van der Waals surface area contributed by atoms with Crippen molar-refractivity contribution < 1.29 is 31.2 Å². The first-order valence-corrected chi connectivity index (χ1v) is 17.7. The molecule has 1 aliphatic carbocycles. The number of amides is 2. The van der Waals surface area contributed by atoms with Crippen molar-refractivity contribution in [3.05, 3.63) is 92.4 Å². The monoisotopic (exact) mass is 731 g/mol. The Morgan fingerprint density at radius 1 is 0.915 bits per heavy atom. The highest BCUT2D eigenvalue weighted by molar-refractivity contribution is 7.92. The van der Waals surface area contributed by atoms with Crippen LogP contribution in [0.4, 0.5) is 18.9 Å². The summed E-state index contributed by atoms with van der Waals surface area (Å²) in [6, 6.07) is 11.9. The Labute approximate surface area is 288 Å². The SMILES string of the molecule is CC[C@@H](C(=O)NC1CCCCC1)N(Cc1ccc(Cl)c(Cl)c1)C(=O)CN(c1ccc(Cl)c(C(F)(F)F)c1)S(=O)(=O)c1ccc(C)cc1. The van der Waals surface area contributed by atoms with E-state index in [0.717, 1.165) is 49.8 Å². The van der Waals surface area contributed by atoms with Crippen LogP contribution in [0.2, 0.25) is 15.1 Å². The standard InChI is InChI=1S/C33H35Cl3F3N3O4S/c1-3-30(32(44)40-23-7-5-4-6-8-23)41(19-22-11-15-28(35)29(36)17-22)31(43)20-42(47(45,46)25-13-9-21(2)10-14-25)24-12-16-27(34)26(18-24)33(37,38)39/h9-18,23,30H,3-8,19-20H2,1-2H3,(H,40,44)/t30-/m0/s1. The van der Waals surface area contributed by atoms with Gasteiger partial charge in [-0.05, 0) is 74.2 Å². The van der Waals surface area contributed by atoms with Crippen molar-refractivity contribution in [2.75, 3.05) is 10.8 Å². The van der Waals surface area contributed by atoms with Gasteiger partial charge in [0.15, 0.2) is 0 Å². The molecule has 0 spiro atoms. The molecule has 0 unspecified atom stereocenters. The van der Waals surface area contributed by atoms with E-state index in [-0.39, 0.29) is 33.9 Å². The van der Waals surface area contributed by atoms with Gasteiger partial charge in [-0.3, -0.25) is 13.9 Å². The van der Waals surface area contributed by atoms with Gasteiger partial charge in [0, 0.05) is 12.6 Å². The topological polar surface area (TPSA) is 86.8 Å². The zero-order valence-electron chi connectivity index (χ0n) is 25.8. The summed E-state index contributed by atoms with van der Waals surface area (Å²) in [5.74, 6) is -1.23. The zero-order valence-corrected chi connectivity index (χ0v) is 28.9. The summed E-state index contributed by atoms with van der Waals surface area (Å²) in [4.78, 5) is 29.0. The highest BCUT2D eigenvalue weighted by Crippen LogP contribution is 2.38. The van der Waals surface area contributed by atoms with Gasteiger partial charge in [-0.15, -0.1) is 0 Å². The van der Waals surface area contributed by atoms with E-state index in [4.69, 9.17) is 34.8 Å². The van der Waals surface area contributed by atoms with Crippen LogP contribution in [0.15, 0.2) is 65.6 Å². The van der Waals surface area contributed by atoms with Crippen LogP contribution in [-0.4, -0.2) is 43.8 Å². The number of nitrogens with zero attached hydrogens (tertiary/aromatic N) is 2. The number of hydrogen-bond acceptors (Lipinski definition) is 4. The number of halogens is 6. The van der Waals surface area contributed by atoms with E-state index in [1.54, 1.807) is 19.9 Å². The Hall–Kier alpha value is -2.99. The third-order valence-corrected chi connectivity index (χ3v) is 11.0. The summed E-state index contributed by atoms with van der Waals surface area (Å²) < 4.78 is 70.4. The maximum absolute atomic E-state index is 14.3. The summed E-state index contributed by atoms with van der Waals surface area (Å²) in [5, 5.41) is 2.89. The number of nitrogens with one attached hydrogen (secondary N) is 1. The Morgan fingerprint density at radius 3 is 2.15 bits per heavy atom. The highest BCUT2D eigenvalue weighted by atomic mass is 35.5. The second kappa shape index (κ2) is 15.5. The lowest BCUT2D eigenvalue weighted by Crippen LogP contribution is -2.54. The van der Waals surface area contributed by atoms with E-state index in [2.05, 4.69) is 5.32 Å². The number of alkyl halides is 3. The number of carbonyl (C=O) groups is 2. The second-order valence-electron chi connectivity index (χ2n) is 11.5. The van der Waals surface area contributed by atoms with Crippen molar-refractivity contribution in [1.29, 1.82) is 0 Å². The van der Waals surface area contributed by atoms with Crippen molar-refractivity contribution in [3.8, 4) is 0 Å². The van der Waals surface area contributed by atoms with Crippen molar-refractivity contribution in [2.24, 2.45) is 0 Å². The number of carbonyl (C=O) groups excluding carboxylic acids is 2. The number of aryl methyl sites for hydroxylation is 1. The largest absolute Gasteiger partial charge is 0.417 e. The third kappa shape index (κ3) is 9.13. The maximum Gasteiger partial charge on any atom is 0.417 e. The molecule has 254 valence electrons. The normalized spacial score (nSPS) is 14.8. The first-order valence-electron chi connectivity index (χ1n) is 15.1. The predicted molar refractivity (Wildman–Crippen MR) is 178 cm³/mol. The van der Waals surface area contributed by atoms with Gasteiger partial charge in [-0.1, -0.05) is 84.8 Å². The lowest BCUT2D eigenvalue weighted by atomic mass is 9.95. The van der Waals surface area contributed by atoms with Gasteiger partial charge < -0.3 is 10.2 Å². The number of hydrogen-bond donors (Lipinski definition) is 1. The first kappa shape index (κ1) is 36.8. The van der Waals surface area contributed by atoms with Crippen LogP contribution in [0.25, 0.3) is 0 Å². The van der Waals surface area contributed by atoms with Crippen LogP contribution in [0.5, 0.6) is 0 Å². The number of benzene rings is 3. The summed E-state index contributed by atoms with van der Waals surface area (Å²) in [6.45, 7) is 2.40. The molecule has 3 aromatic carbocycles. The molecule has 1 aliphatic rings. The fourth-order valence-electron chi connectivity index (χ4n) is 5.55. The van der Waals surface area contributed by atoms with Crippen LogP contribution in [0, 0.1) is 6.92 Å². The van der Waals surface area contributed by atoms with E-state index in [0.29, 0.717) is 15.9 Å². The Kier molecular flexibility index (Phi) is 12.1. The fourth-order valence-corrected chi connectivity index (χ4v) is 7.50. The molecule has 1 fully saturated rings. The van der Waals surface area contributed by atoms with E-state index in [9.17, 15) is 31.2 Å². The molecule has 4 rings (SSSR count). The van der Waals surface area contributed by atoms with Gasteiger partial charge in [0.1, 0.15) is 12.6 Å². The van der Waals surface area contributed by atoms with Crippen molar-refractivity contribution in [1.82, 2.24) is 10.2 Å². The first-order chi connectivity index (χ1) is 22.1. The van der Waals surface area contributed by atoms with Gasteiger partial charge in [0.05, 0.1) is 31.2 Å². The Balaban J connectivity index is 1.79. The lowest BCUT2D eigenvalue weighted by molar-refractivity contribution is -0.140. The number of sulfonamides is 1. The number of rotatable bonds is 11.